The summed E-state index contributed by atoms with van der Waals surface area (Å²) >= 11 is 0. The Hall–Kier alpha value is -3.07. The lowest BCUT2D eigenvalue weighted by Crippen LogP contribution is -2.47. The number of imidazole rings is 1. The summed E-state index contributed by atoms with van der Waals surface area (Å²) in [6, 6.07) is 9.58. The molecule has 8 nitrogen and oxygen atoms in total. The van der Waals surface area contributed by atoms with Gasteiger partial charge in [0.1, 0.15) is 6.04 Å². The number of aryl methyl sites for hydroxylation is 4. The first kappa shape index (κ1) is 22.6. The second-order valence-corrected chi connectivity index (χ2v) is 9.70. The molecule has 0 unspecified atom stereocenters. The Bertz CT molecular complexity index is 1320. The fraction of sp³-hybridized carbons (Fsp3) is 0.364. The summed E-state index contributed by atoms with van der Waals surface area (Å²) in [5.74, 6) is -0.438. The molecular formula is C22H28N4O4S. The fourth-order valence-electron chi connectivity index (χ4n) is 3.73. The summed E-state index contributed by atoms with van der Waals surface area (Å²) in [5, 5.41) is 2.82. The van der Waals surface area contributed by atoms with Crippen molar-refractivity contribution in [2.75, 3.05) is 15.9 Å². The predicted molar refractivity (Wildman–Crippen MR) is 124 cm³/mol. The van der Waals surface area contributed by atoms with Crippen molar-refractivity contribution in [2.45, 2.75) is 33.2 Å². The highest BCUT2D eigenvalue weighted by Gasteiger charge is 2.31. The molecule has 1 heterocycles. The van der Waals surface area contributed by atoms with E-state index < -0.39 is 22.0 Å². The van der Waals surface area contributed by atoms with E-state index in [0.717, 1.165) is 22.9 Å². The number of sulfonamides is 1. The smallest absolute Gasteiger partial charge is 0.324 e. The topological polar surface area (TPSA) is 93.4 Å². The van der Waals surface area contributed by atoms with Crippen LogP contribution in [0.4, 0.5) is 11.4 Å². The monoisotopic (exact) mass is 444 g/mol. The lowest BCUT2D eigenvalue weighted by molar-refractivity contribution is -0.117. The Morgan fingerprint density at radius 2 is 1.68 bits per heavy atom. The van der Waals surface area contributed by atoms with Crippen molar-refractivity contribution in [1.82, 2.24) is 9.13 Å². The van der Waals surface area contributed by atoms with Crippen molar-refractivity contribution in [1.29, 1.82) is 0 Å². The van der Waals surface area contributed by atoms with Gasteiger partial charge in [0.15, 0.2) is 0 Å². The molecule has 3 rings (SSSR count). The quantitative estimate of drug-likeness (QED) is 0.633. The van der Waals surface area contributed by atoms with E-state index in [-0.39, 0.29) is 12.1 Å². The van der Waals surface area contributed by atoms with Crippen LogP contribution in [-0.4, -0.2) is 35.8 Å². The normalized spacial score (nSPS) is 12.7. The third kappa shape index (κ3) is 4.23. The van der Waals surface area contributed by atoms with E-state index >= 15 is 0 Å². The number of hydrogen-bond acceptors (Lipinski definition) is 4. The summed E-state index contributed by atoms with van der Waals surface area (Å²) in [6.07, 6.45) is 1.39. The number of carbonyl (C=O) groups excluding carboxylic acids is 1. The van der Waals surface area contributed by atoms with Gasteiger partial charge < -0.3 is 5.32 Å². The number of hydrogen-bond donors (Lipinski definition) is 1. The second kappa shape index (κ2) is 8.22. The van der Waals surface area contributed by atoms with Crippen molar-refractivity contribution < 1.29 is 13.2 Å². The van der Waals surface area contributed by atoms with Gasteiger partial charge in [0.05, 0.1) is 23.0 Å². The summed E-state index contributed by atoms with van der Waals surface area (Å²) < 4.78 is 29.5. The van der Waals surface area contributed by atoms with Gasteiger partial charge >= 0.3 is 5.69 Å². The standard InChI is InChI=1S/C22H28N4O4S/c1-7-18(26(31(6,29)30)17-10-8-14(2)15(3)12-17)21(27)23-16-9-11-19-20(13-16)25(5)22(28)24(19)4/h8-13,18H,7H2,1-6H3,(H,23,27)/t18-/m1/s1. The number of nitrogens with zero attached hydrogens (tertiary/aromatic N) is 3. The fourth-order valence-corrected chi connectivity index (χ4v) is 4.94. The summed E-state index contributed by atoms with van der Waals surface area (Å²) in [5.41, 5.74) is 4.17. The highest BCUT2D eigenvalue weighted by atomic mass is 32.2. The van der Waals surface area contributed by atoms with Crippen molar-refractivity contribution in [3.05, 3.63) is 58.0 Å². The Kier molecular flexibility index (Phi) is 6.00. The molecule has 0 bridgehead atoms. The van der Waals surface area contributed by atoms with E-state index in [4.69, 9.17) is 0 Å². The van der Waals surface area contributed by atoms with E-state index in [1.54, 1.807) is 51.4 Å². The Balaban J connectivity index is 1.99. The molecule has 1 aromatic heterocycles. The van der Waals surface area contributed by atoms with Crippen LogP contribution in [0.25, 0.3) is 11.0 Å². The third-order valence-corrected chi connectivity index (χ3v) is 6.79. The van der Waals surface area contributed by atoms with Crippen LogP contribution in [0.15, 0.2) is 41.2 Å². The summed E-state index contributed by atoms with van der Waals surface area (Å²) in [6.45, 7) is 5.62. The van der Waals surface area contributed by atoms with Crippen LogP contribution in [0.3, 0.4) is 0 Å². The summed E-state index contributed by atoms with van der Waals surface area (Å²) in [4.78, 5) is 25.3. The molecule has 31 heavy (non-hydrogen) atoms. The van der Waals surface area contributed by atoms with Gasteiger partial charge in [0.2, 0.25) is 15.9 Å². The molecule has 166 valence electrons. The molecule has 2 aromatic carbocycles. The number of carbonyl (C=O) groups is 1. The molecule has 0 fully saturated rings. The number of amides is 1. The first-order chi connectivity index (χ1) is 14.5. The molecule has 9 heteroatoms. The van der Waals surface area contributed by atoms with Crippen LogP contribution < -0.4 is 15.3 Å². The van der Waals surface area contributed by atoms with Gasteiger partial charge in [-0.2, -0.15) is 0 Å². The zero-order chi connectivity index (χ0) is 23.1. The van der Waals surface area contributed by atoms with E-state index in [1.807, 2.05) is 19.9 Å². The van der Waals surface area contributed by atoms with Gasteiger partial charge in [0, 0.05) is 19.8 Å². The van der Waals surface area contributed by atoms with Crippen LogP contribution in [-0.2, 0) is 28.9 Å². The summed E-state index contributed by atoms with van der Waals surface area (Å²) in [7, 11) is -0.369. The molecule has 1 N–H and O–H groups in total. The van der Waals surface area contributed by atoms with E-state index in [1.165, 1.54) is 13.4 Å². The number of fused-ring (bicyclic) bond motifs is 1. The number of rotatable bonds is 6. The molecule has 0 radical (unpaired) electrons. The second-order valence-electron chi connectivity index (χ2n) is 7.84. The van der Waals surface area contributed by atoms with Crippen LogP contribution in [0.2, 0.25) is 0 Å². The SMILES string of the molecule is CC[C@H](C(=O)Nc1ccc2c(c1)n(C)c(=O)n2C)N(c1ccc(C)c(C)c1)S(C)(=O)=O. The van der Waals surface area contributed by atoms with Gasteiger partial charge in [-0.15, -0.1) is 0 Å². The van der Waals surface area contributed by atoms with E-state index in [9.17, 15) is 18.0 Å². The maximum Gasteiger partial charge on any atom is 0.328 e. The lowest BCUT2D eigenvalue weighted by atomic mass is 10.1. The highest BCUT2D eigenvalue weighted by Crippen LogP contribution is 2.26. The van der Waals surface area contributed by atoms with E-state index in [0.29, 0.717) is 16.9 Å². The molecule has 0 aliphatic carbocycles. The maximum absolute atomic E-state index is 13.2. The van der Waals surface area contributed by atoms with E-state index in [2.05, 4.69) is 5.32 Å². The number of aromatic nitrogens is 2. The van der Waals surface area contributed by atoms with Crippen LogP contribution in [0.1, 0.15) is 24.5 Å². The minimum Gasteiger partial charge on any atom is -0.324 e. The van der Waals surface area contributed by atoms with Crippen LogP contribution in [0.5, 0.6) is 0 Å². The number of benzene rings is 2. The van der Waals surface area contributed by atoms with Crippen molar-refractivity contribution in [3.63, 3.8) is 0 Å². The third-order valence-electron chi connectivity index (χ3n) is 5.61. The number of nitrogens with one attached hydrogen (secondary N) is 1. The molecule has 1 atom stereocenters. The molecule has 0 aliphatic heterocycles. The van der Waals surface area contributed by atoms with Crippen molar-refractivity contribution in [3.8, 4) is 0 Å². The zero-order valence-corrected chi connectivity index (χ0v) is 19.4. The molecule has 0 aliphatic rings. The lowest BCUT2D eigenvalue weighted by Gasteiger charge is -2.30. The Labute approximate surface area is 182 Å². The molecule has 3 aromatic rings. The molecule has 0 saturated heterocycles. The minimum atomic E-state index is -3.72. The van der Waals surface area contributed by atoms with Crippen molar-refractivity contribution >= 4 is 38.3 Å². The molecular weight excluding hydrogens is 416 g/mol. The average molecular weight is 445 g/mol. The maximum atomic E-state index is 13.2. The van der Waals surface area contributed by atoms with Gasteiger partial charge in [-0.25, -0.2) is 13.2 Å². The minimum absolute atomic E-state index is 0.164. The molecule has 1 amide bonds. The zero-order valence-electron chi connectivity index (χ0n) is 18.6. The molecule has 0 spiro atoms. The van der Waals surface area contributed by atoms with Gasteiger partial charge in [0.25, 0.3) is 0 Å². The first-order valence-electron chi connectivity index (χ1n) is 9.98. The van der Waals surface area contributed by atoms with Gasteiger partial charge in [-0.3, -0.25) is 18.2 Å². The molecule has 0 saturated carbocycles. The van der Waals surface area contributed by atoms with Gasteiger partial charge in [-0.1, -0.05) is 13.0 Å². The average Bonchev–Trinajstić information content (AvgIpc) is 2.91. The van der Waals surface area contributed by atoms with Gasteiger partial charge in [-0.05, 0) is 61.7 Å². The first-order valence-corrected chi connectivity index (χ1v) is 11.8. The Morgan fingerprint density at radius 1 is 1.03 bits per heavy atom. The van der Waals surface area contributed by atoms with Crippen LogP contribution in [0, 0.1) is 13.8 Å². The Morgan fingerprint density at radius 3 is 2.26 bits per heavy atom. The largest absolute Gasteiger partial charge is 0.328 e. The predicted octanol–water partition coefficient (Wildman–Crippen LogP) is 2.68. The highest BCUT2D eigenvalue weighted by molar-refractivity contribution is 7.92. The van der Waals surface area contributed by atoms with Crippen LogP contribution >= 0.6 is 0 Å². The number of anilines is 2. The van der Waals surface area contributed by atoms with Crippen molar-refractivity contribution in [2.24, 2.45) is 14.1 Å².